The number of fused-ring (bicyclic) bond motifs is 5. The summed E-state index contributed by atoms with van der Waals surface area (Å²) in [7, 11) is 0. The van der Waals surface area contributed by atoms with E-state index in [1.807, 2.05) is 0 Å². The van der Waals surface area contributed by atoms with Gasteiger partial charge in [0.05, 0.1) is 13.2 Å². The van der Waals surface area contributed by atoms with Crippen LogP contribution in [0.4, 0.5) is 0 Å². The highest BCUT2D eigenvalue weighted by Gasteiger charge is 2.44. The van der Waals surface area contributed by atoms with E-state index in [4.69, 9.17) is 8.37 Å². The Kier molecular flexibility index (Phi) is 1.82. The second-order valence-corrected chi connectivity index (χ2v) is 4.90. The fourth-order valence-corrected chi connectivity index (χ4v) is 3.38. The highest BCUT2D eigenvalue weighted by molar-refractivity contribution is 7.75. The minimum atomic E-state index is -1.50. The predicted octanol–water partition coefficient (Wildman–Crippen LogP) is 1.19. The lowest BCUT2D eigenvalue weighted by atomic mass is 9.85. The van der Waals surface area contributed by atoms with E-state index in [9.17, 15) is 4.21 Å². The summed E-state index contributed by atoms with van der Waals surface area (Å²) in [5.41, 5.74) is 1.51. The third-order valence-electron chi connectivity index (χ3n) is 3.48. The van der Waals surface area contributed by atoms with E-state index in [0.717, 1.165) is 5.92 Å². The molecule has 2 bridgehead atoms. The van der Waals surface area contributed by atoms with E-state index in [-0.39, 0.29) is 0 Å². The van der Waals surface area contributed by atoms with Gasteiger partial charge in [-0.05, 0) is 24.7 Å². The van der Waals surface area contributed by atoms with Gasteiger partial charge in [0, 0.05) is 5.92 Å². The molecular formula is C9H12O3S. The van der Waals surface area contributed by atoms with Crippen LogP contribution in [0, 0.1) is 17.8 Å². The Labute approximate surface area is 80.0 Å². The second-order valence-electron chi connectivity index (χ2n) is 4.02. The maximum atomic E-state index is 11.0. The smallest absolute Gasteiger partial charge is 0.268 e. The van der Waals surface area contributed by atoms with Gasteiger partial charge in [0.25, 0.3) is 0 Å². The molecule has 0 spiro atoms. The van der Waals surface area contributed by atoms with Gasteiger partial charge in [-0.1, -0.05) is 11.6 Å². The van der Waals surface area contributed by atoms with Crippen LogP contribution in [0.2, 0.25) is 0 Å². The molecule has 13 heavy (non-hydrogen) atoms. The van der Waals surface area contributed by atoms with Crippen molar-refractivity contribution in [1.82, 2.24) is 0 Å². The van der Waals surface area contributed by atoms with Crippen molar-refractivity contribution in [2.24, 2.45) is 17.8 Å². The van der Waals surface area contributed by atoms with Gasteiger partial charge in [0.15, 0.2) is 0 Å². The van der Waals surface area contributed by atoms with Gasteiger partial charge < -0.3 is 0 Å². The molecule has 1 heterocycles. The van der Waals surface area contributed by atoms with Crippen LogP contribution in [0.3, 0.4) is 0 Å². The Bertz CT molecular complexity index is 287. The first kappa shape index (κ1) is 8.15. The third kappa shape index (κ3) is 1.20. The monoisotopic (exact) mass is 200 g/mol. The van der Waals surface area contributed by atoms with Crippen molar-refractivity contribution in [2.75, 3.05) is 13.2 Å². The molecule has 3 rings (SSSR count). The minimum absolute atomic E-state index is 0.491. The lowest BCUT2D eigenvalue weighted by Gasteiger charge is -2.22. The average molecular weight is 200 g/mol. The summed E-state index contributed by atoms with van der Waals surface area (Å²) in [5, 5.41) is 0. The molecule has 0 amide bonds. The van der Waals surface area contributed by atoms with Gasteiger partial charge >= 0.3 is 11.4 Å². The van der Waals surface area contributed by atoms with Crippen molar-refractivity contribution in [3.8, 4) is 0 Å². The Morgan fingerprint density at radius 3 is 3.15 bits per heavy atom. The van der Waals surface area contributed by atoms with Crippen molar-refractivity contribution in [2.45, 2.75) is 12.8 Å². The van der Waals surface area contributed by atoms with E-state index < -0.39 is 11.4 Å². The standard InChI is InChI=1S/C9H12O3S/c10-13-11-4-8-6-1-2-7(3-6)9(8)5-12-13/h1,7-9H,2-5H2. The third-order valence-corrected chi connectivity index (χ3v) is 4.14. The molecule has 2 aliphatic carbocycles. The van der Waals surface area contributed by atoms with Crippen LogP contribution >= 0.6 is 0 Å². The van der Waals surface area contributed by atoms with E-state index >= 15 is 0 Å². The molecule has 0 aromatic heterocycles. The van der Waals surface area contributed by atoms with Crippen LogP contribution in [0.25, 0.3) is 0 Å². The number of hydrogen-bond donors (Lipinski definition) is 0. The molecule has 3 aliphatic rings. The summed E-state index contributed by atoms with van der Waals surface area (Å²) in [4.78, 5) is 0. The predicted molar refractivity (Wildman–Crippen MR) is 47.8 cm³/mol. The Morgan fingerprint density at radius 1 is 1.38 bits per heavy atom. The molecule has 1 saturated carbocycles. The summed E-state index contributed by atoms with van der Waals surface area (Å²) in [6.45, 7) is 1.19. The largest absolute Gasteiger partial charge is 0.304 e. The summed E-state index contributed by atoms with van der Waals surface area (Å²) >= 11 is -1.50. The molecule has 1 saturated heterocycles. The van der Waals surface area contributed by atoms with Gasteiger partial charge in [-0.25, -0.2) is 0 Å². The molecule has 0 aromatic carbocycles. The maximum Gasteiger partial charge on any atom is 0.304 e. The van der Waals surface area contributed by atoms with Crippen LogP contribution < -0.4 is 0 Å². The first-order chi connectivity index (χ1) is 6.34. The molecule has 4 unspecified atom stereocenters. The fourth-order valence-electron chi connectivity index (χ4n) is 2.78. The van der Waals surface area contributed by atoms with Crippen LogP contribution in [0.15, 0.2) is 11.6 Å². The van der Waals surface area contributed by atoms with Crippen LogP contribution in [-0.2, 0) is 19.7 Å². The number of rotatable bonds is 0. The summed E-state index contributed by atoms with van der Waals surface area (Å²) in [5.74, 6) is 1.79. The van der Waals surface area contributed by atoms with Gasteiger partial charge in [0.1, 0.15) is 0 Å². The molecule has 4 atom stereocenters. The number of hydrogen-bond acceptors (Lipinski definition) is 3. The lowest BCUT2D eigenvalue weighted by molar-refractivity contribution is 0.203. The minimum Gasteiger partial charge on any atom is -0.268 e. The van der Waals surface area contributed by atoms with Crippen molar-refractivity contribution < 1.29 is 12.6 Å². The summed E-state index contributed by atoms with van der Waals surface area (Å²) in [6.07, 6.45) is 4.73. The van der Waals surface area contributed by atoms with E-state index in [1.54, 1.807) is 0 Å². The zero-order valence-electron chi connectivity index (χ0n) is 7.27. The molecule has 0 aromatic rings. The van der Waals surface area contributed by atoms with Crippen molar-refractivity contribution >= 4 is 11.4 Å². The second kappa shape index (κ2) is 2.90. The Morgan fingerprint density at radius 2 is 2.23 bits per heavy atom. The molecule has 4 heteroatoms. The quantitative estimate of drug-likeness (QED) is 0.551. The van der Waals surface area contributed by atoms with E-state index in [2.05, 4.69) is 6.08 Å². The maximum absolute atomic E-state index is 11.0. The highest BCUT2D eigenvalue weighted by Crippen LogP contribution is 2.49. The van der Waals surface area contributed by atoms with Crippen molar-refractivity contribution in [3.05, 3.63) is 11.6 Å². The Hall–Kier alpha value is -0.190. The summed E-state index contributed by atoms with van der Waals surface area (Å²) < 4.78 is 21.2. The first-order valence-corrected chi connectivity index (χ1v) is 5.72. The molecule has 0 radical (unpaired) electrons. The van der Waals surface area contributed by atoms with E-state index in [1.165, 1.54) is 18.4 Å². The van der Waals surface area contributed by atoms with Crippen LogP contribution in [-0.4, -0.2) is 17.4 Å². The van der Waals surface area contributed by atoms with Crippen molar-refractivity contribution in [1.29, 1.82) is 0 Å². The Balaban J connectivity index is 1.87. The number of allylic oxidation sites excluding steroid dienone is 1. The molecule has 1 aliphatic heterocycles. The van der Waals surface area contributed by atoms with Crippen LogP contribution in [0.1, 0.15) is 12.8 Å². The van der Waals surface area contributed by atoms with Gasteiger partial charge in [-0.15, -0.1) is 0 Å². The molecular weight excluding hydrogens is 188 g/mol. The highest BCUT2D eigenvalue weighted by atomic mass is 32.2. The first-order valence-electron chi connectivity index (χ1n) is 4.72. The molecule has 72 valence electrons. The van der Waals surface area contributed by atoms with Gasteiger partial charge in [0.2, 0.25) is 0 Å². The zero-order chi connectivity index (χ0) is 8.84. The molecule has 0 N–H and O–H groups in total. The van der Waals surface area contributed by atoms with Crippen LogP contribution in [0.5, 0.6) is 0 Å². The van der Waals surface area contributed by atoms with Gasteiger partial charge in [-0.3, -0.25) is 8.37 Å². The van der Waals surface area contributed by atoms with Crippen molar-refractivity contribution in [3.63, 3.8) is 0 Å². The average Bonchev–Trinajstić information content (AvgIpc) is 2.66. The zero-order valence-corrected chi connectivity index (χ0v) is 8.09. The summed E-state index contributed by atoms with van der Waals surface area (Å²) in [6, 6.07) is 0. The fraction of sp³-hybridized carbons (Fsp3) is 0.778. The molecule has 3 nitrogen and oxygen atoms in total. The lowest BCUT2D eigenvalue weighted by Crippen LogP contribution is -2.22. The van der Waals surface area contributed by atoms with E-state index in [0.29, 0.717) is 25.0 Å². The normalized spacial score (nSPS) is 48.5. The molecule has 2 fully saturated rings. The van der Waals surface area contributed by atoms with Gasteiger partial charge in [-0.2, -0.15) is 4.21 Å². The topological polar surface area (TPSA) is 35.5 Å². The SMILES string of the molecule is O=S1OCC2C3=CCC(C3)C2CO1.